The van der Waals surface area contributed by atoms with Crippen LogP contribution in [0.2, 0.25) is 0 Å². The summed E-state index contributed by atoms with van der Waals surface area (Å²) >= 11 is 0. The maximum absolute atomic E-state index is 12.9. The zero-order valence-corrected chi connectivity index (χ0v) is 14.4. The molecule has 0 saturated heterocycles. The number of phenolic OH excluding ortho intramolecular Hbond substituents is 1. The van der Waals surface area contributed by atoms with E-state index in [0.29, 0.717) is 18.7 Å². The fraction of sp³-hybridized carbons (Fsp3) is 0.190. The highest BCUT2D eigenvalue weighted by Gasteiger charge is 2.19. The Morgan fingerprint density at radius 1 is 1.04 bits per heavy atom. The number of ether oxygens (including phenoxy) is 1. The Bertz CT molecular complexity index is 887. The molecule has 0 aliphatic heterocycles. The molecular weight excluding hydrogens is 314 g/mol. The molecular formula is C21H21NO3. The number of methoxy groups -OCH3 is 1. The minimum atomic E-state index is -0.179. The van der Waals surface area contributed by atoms with Crippen molar-refractivity contribution in [2.24, 2.45) is 0 Å². The lowest BCUT2D eigenvalue weighted by atomic mass is 10.0. The topological polar surface area (TPSA) is 49.8 Å². The number of hydrogen-bond acceptors (Lipinski definition) is 3. The predicted molar refractivity (Wildman–Crippen MR) is 99.0 cm³/mol. The SMILES string of the molecule is CCN(Cc1ccc(OC)cc1)C(=O)c1cc2ccccc2cc1O. The Kier molecular flexibility index (Phi) is 4.89. The number of amides is 1. The van der Waals surface area contributed by atoms with Crippen LogP contribution in [0.4, 0.5) is 0 Å². The lowest BCUT2D eigenvalue weighted by Gasteiger charge is -2.22. The summed E-state index contributed by atoms with van der Waals surface area (Å²) in [5, 5.41) is 12.1. The second kappa shape index (κ2) is 7.26. The molecule has 4 heteroatoms. The van der Waals surface area contributed by atoms with Crippen LogP contribution in [0.3, 0.4) is 0 Å². The zero-order chi connectivity index (χ0) is 17.8. The van der Waals surface area contributed by atoms with Crippen LogP contribution in [-0.2, 0) is 6.54 Å². The molecule has 128 valence electrons. The van der Waals surface area contributed by atoms with E-state index in [1.54, 1.807) is 24.1 Å². The van der Waals surface area contributed by atoms with Gasteiger partial charge in [0.2, 0.25) is 0 Å². The van der Waals surface area contributed by atoms with E-state index in [1.165, 1.54) is 0 Å². The van der Waals surface area contributed by atoms with E-state index in [2.05, 4.69) is 0 Å². The fourth-order valence-electron chi connectivity index (χ4n) is 2.85. The Morgan fingerprint density at radius 3 is 2.28 bits per heavy atom. The Labute approximate surface area is 147 Å². The molecule has 0 atom stereocenters. The average Bonchev–Trinajstić information content (AvgIpc) is 2.65. The summed E-state index contributed by atoms with van der Waals surface area (Å²) in [6.45, 7) is 2.96. The molecule has 3 aromatic carbocycles. The molecule has 1 amide bonds. The van der Waals surface area contributed by atoms with Gasteiger partial charge in [-0.3, -0.25) is 4.79 Å². The fourth-order valence-corrected chi connectivity index (χ4v) is 2.85. The third-order valence-electron chi connectivity index (χ3n) is 4.30. The summed E-state index contributed by atoms with van der Waals surface area (Å²) in [4.78, 5) is 14.6. The monoisotopic (exact) mass is 335 g/mol. The van der Waals surface area contributed by atoms with Gasteiger partial charge in [-0.1, -0.05) is 36.4 Å². The van der Waals surface area contributed by atoms with Gasteiger partial charge in [0.1, 0.15) is 11.5 Å². The largest absolute Gasteiger partial charge is 0.507 e. The van der Waals surface area contributed by atoms with Gasteiger partial charge in [-0.2, -0.15) is 0 Å². The molecule has 0 aliphatic rings. The Hall–Kier alpha value is -3.01. The number of benzene rings is 3. The summed E-state index contributed by atoms with van der Waals surface area (Å²) in [5.41, 5.74) is 1.34. The number of rotatable bonds is 5. The van der Waals surface area contributed by atoms with Gasteiger partial charge in [0.05, 0.1) is 12.7 Å². The highest BCUT2D eigenvalue weighted by Crippen LogP contribution is 2.26. The third kappa shape index (κ3) is 3.58. The molecule has 1 N–H and O–H groups in total. The lowest BCUT2D eigenvalue weighted by molar-refractivity contribution is 0.0749. The van der Waals surface area contributed by atoms with Crippen LogP contribution in [0, 0.1) is 0 Å². The summed E-state index contributed by atoms with van der Waals surface area (Å²) in [7, 11) is 1.62. The summed E-state index contributed by atoms with van der Waals surface area (Å²) in [5.74, 6) is 0.615. The quantitative estimate of drug-likeness (QED) is 0.759. The second-order valence-electron chi connectivity index (χ2n) is 5.88. The van der Waals surface area contributed by atoms with E-state index in [4.69, 9.17) is 4.74 Å². The first-order chi connectivity index (χ1) is 12.1. The molecule has 4 nitrogen and oxygen atoms in total. The number of phenols is 1. The van der Waals surface area contributed by atoms with Gasteiger partial charge in [-0.05, 0) is 47.5 Å². The van der Waals surface area contributed by atoms with Gasteiger partial charge in [0.15, 0.2) is 0 Å². The molecule has 0 spiro atoms. The maximum atomic E-state index is 12.9. The van der Waals surface area contributed by atoms with E-state index in [1.807, 2.05) is 55.5 Å². The van der Waals surface area contributed by atoms with Crippen molar-refractivity contribution in [3.8, 4) is 11.5 Å². The van der Waals surface area contributed by atoms with E-state index in [9.17, 15) is 9.90 Å². The number of carbonyl (C=O) groups excluding carboxylic acids is 1. The molecule has 0 fully saturated rings. The van der Waals surface area contributed by atoms with Crippen molar-refractivity contribution in [2.45, 2.75) is 13.5 Å². The smallest absolute Gasteiger partial charge is 0.257 e. The number of nitrogens with zero attached hydrogens (tertiary/aromatic N) is 1. The van der Waals surface area contributed by atoms with E-state index in [0.717, 1.165) is 22.1 Å². The number of hydrogen-bond donors (Lipinski definition) is 1. The predicted octanol–water partition coefficient (Wildman–Crippen LogP) is 4.22. The van der Waals surface area contributed by atoms with Gasteiger partial charge in [-0.25, -0.2) is 0 Å². The van der Waals surface area contributed by atoms with Crippen LogP contribution in [0.25, 0.3) is 10.8 Å². The van der Waals surface area contributed by atoms with Crippen molar-refractivity contribution >= 4 is 16.7 Å². The van der Waals surface area contributed by atoms with Gasteiger partial charge >= 0.3 is 0 Å². The van der Waals surface area contributed by atoms with Crippen molar-refractivity contribution in [1.82, 2.24) is 4.90 Å². The number of carbonyl (C=O) groups is 1. The molecule has 0 radical (unpaired) electrons. The van der Waals surface area contributed by atoms with Crippen molar-refractivity contribution < 1.29 is 14.6 Å². The second-order valence-corrected chi connectivity index (χ2v) is 5.88. The third-order valence-corrected chi connectivity index (χ3v) is 4.30. The molecule has 0 aliphatic carbocycles. The van der Waals surface area contributed by atoms with E-state index in [-0.39, 0.29) is 11.7 Å². The molecule has 0 aromatic heterocycles. The summed E-state index contributed by atoms with van der Waals surface area (Å²) < 4.78 is 5.16. The van der Waals surface area contributed by atoms with Crippen molar-refractivity contribution in [3.63, 3.8) is 0 Å². The van der Waals surface area contributed by atoms with Crippen LogP contribution in [0.15, 0.2) is 60.7 Å². The van der Waals surface area contributed by atoms with E-state index < -0.39 is 0 Å². The van der Waals surface area contributed by atoms with Gasteiger partial charge in [0, 0.05) is 13.1 Å². The van der Waals surface area contributed by atoms with Gasteiger partial charge in [0.25, 0.3) is 5.91 Å². The van der Waals surface area contributed by atoms with Crippen LogP contribution in [0.5, 0.6) is 11.5 Å². The Balaban J connectivity index is 1.87. The molecule has 25 heavy (non-hydrogen) atoms. The van der Waals surface area contributed by atoms with E-state index >= 15 is 0 Å². The van der Waals surface area contributed by atoms with Crippen molar-refractivity contribution in [3.05, 3.63) is 71.8 Å². The number of aromatic hydroxyl groups is 1. The first-order valence-corrected chi connectivity index (χ1v) is 8.26. The molecule has 0 unspecified atom stereocenters. The van der Waals surface area contributed by atoms with Crippen molar-refractivity contribution in [2.75, 3.05) is 13.7 Å². The van der Waals surface area contributed by atoms with Crippen LogP contribution >= 0.6 is 0 Å². The maximum Gasteiger partial charge on any atom is 0.257 e. The van der Waals surface area contributed by atoms with Gasteiger partial charge < -0.3 is 14.7 Å². The van der Waals surface area contributed by atoms with Crippen LogP contribution < -0.4 is 4.74 Å². The summed E-state index contributed by atoms with van der Waals surface area (Å²) in [6.07, 6.45) is 0. The lowest BCUT2D eigenvalue weighted by Crippen LogP contribution is -2.30. The molecule has 0 saturated carbocycles. The summed E-state index contributed by atoms with van der Waals surface area (Å²) in [6, 6.07) is 18.7. The van der Waals surface area contributed by atoms with Gasteiger partial charge in [-0.15, -0.1) is 0 Å². The van der Waals surface area contributed by atoms with Crippen molar-refractivity contribution in [1.29, 1.82) is 0 Å². The highest BCUT2D eigenvalue weighted by atomic mass is 16.5. The molecule has 0 bridgehead atoms. The standard InChI is InChI=1S/C21H21NO3/c1-3-22(14-15-8-10-18(25-2)11-9-15)21(24)19-12-16-6-4-5-7-17(16)13-20(19)23/h4-13,23H,3,14H2,1-2H3. The number of fused-ring (bicyclic) bond motifs is 1. The molecule has 3 rings (SSSR count). The average molecular weight is 335 g/mol. The molecule has 0 heterocycles. The Morgan fingerprint density at radius 2 is 1.68 bits per heavy atom. The normalized spacial score (nSPS) is 10.6. The first-order valence-electron chi connectivity index (χ1n) is 8.26. The highest BCUT2D eigenvalue weighted by molar-refractivity contribution is 6.01. The first kappa shape index (κ1) is 16.8. The molecule has 3 aromatic rings. The van der Waals surface area contributed by atoms with Crippen LogP contribution in [-0.4, -0.2) is 29.6 Å². The van der Waals surface area contributed by atoms with Crippen LogP contribution in [0.1, 0.15) is 22.8 Å². The minimum Gasteiger partial charge on any atom is -0.507 e. The minimum absolute atomic E-state index is 0.0110. The zero-order valence-electron chi connectivity index (χ0n) is 14.4.